The predicted octanol–water partition coefficient (Wildman–Crippen LogP) is 3.58. The predicted molar refractivity (Wildman–Crippen MR) is 58.7 cm³/mol. The van der Waals surface area contributed by atoms with Crippen LogP contribution in [0.5, 0.6) is 0 Å². The van der Waals surface area contributed by atoms with E-state index >= 15 is 0 Å². The van der Waals surface area contributed by atoms with Crippen molar-refractivity contribution in [3.8, 4) is 10.8 Å². The first-order chi connectivity index (χ1) is 6.72. The van der Waals surface area contributed by atoms with Gasteiger partial charge in [-0.2, -0.15) is 0 Å². The molecule has 0 aromatic carbocycles. The van der Waals surface area contributed by atoms with Crippen LogP contribution < -0.4 is 0 Å². The fourth-order valence-electron chi connectivity index (χ4n) is 1.44. The van der Waals surface area contributed by atoms with Crippen LogP contribution in [0.2, 0.25) is 0 Å². The van der Waals surface area contributed by atoms with E-state index < -0.39 is 0 Å². The topological polar surface area (TPSA) is 26.0 Å². The molecule has 0 radical (unpaired) electrons. The van der Waals surface area contributed by atoms with Gasteiger partial charge in [0.05, 0.1) is 10.6 Å². The minimum absolute atomic E-state index is 0.770. The van der Waals surface area contributed by atoms with Gasteiger partial charge in [0.1, 0.15) is 5.76 Å². The summed E-state index contributed by atoms with van der Waals surface area (Å²) in [5, 5.41) is 2.07. The second-order valence-electron chi connectivity index (χ2n) is 3.31. The summed E-state index contributed by atoms with van der Waals surface area (Å²) in [5.74, 6) is 1.71. The van der Waals surface area contributed by atoms with Crippen LogP contribution in [0.4, 0.5) is 0 Å². The Kier molecular flexibility index (Phi) is 2.42. The number of aryl methyl sites for hydroxylation is 3. The first-order valence-corrected chi connectivity index (χ1v) is 5.61. The molecule has 0 spiro atoms. The van der Waals surface area contributed by atoms with E-state index in [1.165, 1.54) is 5.56 Å². The van der Waals surface area contributed by atoms with Crippen LogP contribution in [-0.2, 0) is 6.42 Å². The molecule has 2 nitrogen and oxygen atoms in total. The van der Waals surface area contributed by atoms with E-state index in [2.05, 4.69) is 30.3 Å². The maximum absolute atomic E-state index is 5.63. The Morgan fingerprint density at radius 1 is 1.43 bits per heavy atom. The lowest BCUT2D eigenvalue weighted by Gasteiger charge is -1.90. The normalized spacial score (nSPS) is 10.8. The van der Waals surface area contributed by atoms with Crippen molar-refractivity contribution in [1.29, 1.82) is 0 Å². The third kappa shape index (κ3) is 1.48. The van der Waals surface area contributed by atoms with Gasteiger partial charge in [0.2, 0.25) is 5.89 Å². The minimum atomic E-state index is 0.770. The Morgan fingerprint density at radius 2 is 2.21 bits per heavy atom. The van der Waals surface area contributed by atoms with Crippen LogP contribution in [0.25, 0.3) is 10.8 Å². The molecule has 0 amide bonds. The molecule has 3 heteroatoms. The van der Waals surface area contributed by atoms with E-state index in [4.69, 9.17) is 4.42 Å². The first kappa shape index (κ1) is 9.46. The molecule has 0 aliphatic rings. The van der Waals surface area contributed by atoms with Crippen molar-refractivity contribution in [2.24, 2.45) is 0 Å². The van der Waals surface area contributed by atoms with E-state index in [1.807, 2.05) is 6.92 Å². The van der Waals surface area contributed by atoms with Crippen LogP contribution >= 0.6 is 11.3 Å². The SMILES string of the molecule is CCc1nc(-c2sccc2C)oc1C. The summed E-state index contributed by atoms with van der Waals surface area (Å²) in [4.78, 5) is 5.62. The molecular formula is C11H13NOS. The summed E-state index contributed by atoms with van der Waals surface area (Å²) < 4.78 is 5.63. The van der Waals surface area contributed by atoms with Crippen LogP contribution in [0.15, 0.2) is 15.9 Å². The van der Waals surface area contributed by atoms with Gasteiger partial charge in [-0.15, -0.1) is 11.3 Å². The molecule has 2 aromatic rings. The minimum Gasteiger partial charge on any atom is -0.440 e. The monoisotopic (exact) mass is 207 g/mol. The zero-order valence-corrected chi connectivity index (χ0v) is 9.44. The van der Waals surface area contributed by atoms with Crippen LogP contribution in [0.1, 0.15) is 23.9 Å². The number of rotatable bonds is 2. The van der Waals surface area contributed by atoms with E-state index in [9.17, 15) is 0 Å². The lowest BCUT2D eigenvalue weighted by molar-refractivity contribution is 0.540. The average Bonchev–Trinajstić information content (AvgIpc) is 2.71. The lowest BCUT2D eigenvalue weighted by Crippen LogP contribution is -1.82. The molecule has 0 aliphatic carbocycles. The molecule has 14 heavy (non-hydrogen) atoms. The third-order valence-electron chi connectivity index (χ3n) is 2.28. The molecule has 0 bridgehead atoms. The van der Waals surface area contributed by atoms with Crippen molar-refractivity contribution in [3.05, 3.63) is 28.5 Å². The summed E-state index contributed by atoms with van der Waals surface area (Å²) in [6.45, 7) is 6.14. The Labute approximate surface area is 87.6 Å². The van der Waals surface area contributed by atoms with Gasteiger partial charge >= 0.3 is 0 Å². The van der Waals surface area contributed by atoms with Crippen molar-refractivity contribution < 1.29 is 4.42 Å². The average molecular weight is 207 g/mol. The van der Waals surface area contributed by atoms with E-state index in [0.29, 0.717) is 0 Å². The zero-order chi connectivity index (χ0) is 10.1. The molecule has 0 aliphatic heterocycles. The second kappa shape index (κ2) is 3.58. The second-order valence-corrected chi connectivity index (χ2v) is 4.22. The number of hydrogen-bond acceptors (Lipinski definition) is 3. The van der Waals surface area contributed by atoms with Gasteiger partial charge < -0.3 is 4.42 Å². The summed E-state index contributed by atoms with van der Waals surface area (Å²) in [7, 11) is 0. The van der Waals surface area contributed by atoms with E-state index in [-0.39, 0.29) is 0 Å². The lowest BCUT2D eigenvalue weighted by atomic mass is 10.3. The molecule has 0 fully saturated rings. The summed E-state index contributed by atoms with van der Waals surface area (Å²) in [6, 6.07) is 2.09. The molecule has 0 atom stereocenters. The molecule has 0 N–H and O–H groups in total. The van der Waals surface area contributed by atoms with Gasteiger partial charge in [0.15, 0.2) is 0 Å². The standard InChI is InChI=1S/C11H13NOS/c1-4-9-8(3)13-11(12-9)10-7(2)5-6-14-10/h5-6H,4H2,1-3H3. The van der Waals surface area contributed by atoms with Crippen LogP contribution in [0.3, 0.4) is 0 Å². The van der Waals surface area contributed by atoms with E-state index in [1.54, 1.807) is 11.3 Å². The molecule has 0 unspecified atom stereocenters. The molecule has 2 aromatic heterocycles. The molecular weight excluding hydrogens is 194 g/mol. The summed E-state index contributed by atoms with van der Waals surface area (Å²) >= 11 is 1.68. The van der Waals surface area contributed by atoms with Crippen molar-refractivity contribution in [2.45, 2.75) is 27.2 Å². The molecule has 74 valence electrons. The van der Waals surface area contributed by atoms with Crippen molar-refractivity contribution in [1.82, 2.24) is 4.98 Å². The highest BCUT2D eigenvalue weighted by Crippen LogP contribution is 2.29. The van der Waals surface area contributed by atoms with Gasteiger partial charge in [-0.1, -0.05) is 6.92 Å². The summed E-state index contributed by atoms with van der Waals surface area (Å²) in [6.07, 6.45) is 0.930. The quantitative estimate of drug-likeness (QED) is 0.752. The Morgan fingerprint density at radius 3 is 2.71 bits per heavy atom. The number of hydrogen-bond donors (Lipinski definition) is 0. The van der Waals surface area contributed by atoms with Crippen LogP contribution in [0, 0.1) is 13.8 Å². The Balaban J connectivity index is 2.47. The van der Waals surface area contributed by atoms with Gasteiger partial charge in [-0.05, 0) is 37.3 Å². The van der Waals surface area contributed by atoms with Gasteiger partial charge in [0.25, 0.3) is 0 Å². The summed E-state index contributed by atoms with van der Waals surface area (Å²) in [5.41, 5.74) is 2.30. The van der Waals surface area contributed by atoms with Gasteiger partial charge in [-0.25, -0.2) is 4.98 Å². The molecule has 2 heterocycles. The first-order valence-electron chi connectivity index (χ1n) is 4.73. The maximum Gasteiger partial charge on any atom is 0.236 e. The van der Waals surface area contributed by atoms with Crippen molar-refractivity contribution in [3.63, 3.8) is 0 Å². The van der Waals surface area contributed by atoms with Crippen molar-refractivity contribution in [2.75, 3.05) is 0 Å². The molecule has 0 saturated carbocycles. The molecule has 0 saturated heterocycles. The third-order valence-corrected chi connectivity index (χ3v) is 3.29. The van der Waals surface area contributed by atoms with Gasteiger partial charge in [0, 0.05) is 0 Å². The zero-order valence-electron chi connectivity index (χ0n) is 8.63. The highest BCUT2D eigenvalue weighted by molar-refractivity contribution is 7.13. The van der Waals surface area contributed by atoms with Crippen molar-refractivity contribution >= 4 is 11.3 Å². The number of thiophene rings is 1. The highest BCUT2D eigenvalue weighted by atomic mass is 32.1. The van der Waals surface area contributed by atoms with Gasteiger partial charge in [-0.3, -0.25) is 0 Å². The highest BCUT2D eigenvalue weighted by Gasteiger charge is 2.12. The maximum atomic E-state index is 5.63. The smallest absolute Gasteiger partial charge is 0.236 e. The molecule has 2 rings (SSSR count). The fourth-order valence-corrected chi connectivity index (χ4v) is 2.30. The fraction of sp³-hybridized carbons (Fsp3) is 0.364. The number of aromatic nitrogens is 1. The number of nitrogens with zero attached hydrogens (tertiary/aromatic N) is 1. The largest absolute Gasteiger partial charge is 0.440 e. The number of oxazole rings is 1. The van der Waals surface area contributed by atoms with E-state index in [0.717, 1.165) is 28.6 Å². The van der Waals surface area contributed by atoms with Crippen LogP contribution in [-0.4, -0.2) is 4.98 Å². The Bertz CT molecular complexity index is 442. The Hall–Kier alpha value is -1.09.